The summed E-state index contributed by atoms with van der Waals surface area (Å²) in [4.78, 5) is 29.5. The van der Waals surface area contributed by atoms with Crippen molar-refractivity contribution >= 4 is 28.6 Å². The molecule has 0 amide bonds. The Morgan fingerprint density at radius 1 is 1.19 bits per heavy atom. The van der Waals surface area contributed by atoms with E-state index in [1.54, 1.807) is 23.6 Å². The fraction of sp³-hybridized carbons (Fsp3) is 0.250. The zero-order valence-corrected chi connectivity index (χ0v) is 15.7. The Morgan fingerprint density at radius 2 is 1.88 bits per heavy atom. The van der Waals surface area contributed by atoms with Crippen molar-refractivity contribution in [2.75, 3.05) is 7.11 Å². The largest absolute Gasteiger partial charge is 0.468 e. The molecule has 1 atom stereocenters. The smallest absolute Gasteiger partial charge is 0.318 e. The number of hydrogen-bond acceptors (Lipinski definition) is 5. The highest BCUT2D eigenvalue weighted by Gasteiger charge is 2.20. The number of esters is 1. The van der Waals surface area contributed by atoms with Gasteiger partial charge in [0.2, 0.25) is 0 Å². The number of fused-ring (bicyclic) bond motifs is 1. The Labute approximate surface area is 156 Å². The van der Waals surface area contributed by atoms with Gasteiger partial charge in [-0.2, -0.15) is 0 Å². The van der Waals surface area contributed by atoms with E-state index in [1.165, 1.54) is 18.9 Å². The van der Waals surface area contributed by atoms with Gasteiger partial charge in [0.15, 0.2) is 5.16 Å². The lowest BCUT2D eigenvalue weighted by Gasteiger charge is -2.15. The summed E-state index contributed by atoms with van der Waals surface area (Å²) in [6, 6.07) is 15.3. The van der Waals surface area contributed by atoms with Gasteiger partial charge in [-0.1, -0.05) is 53.7 Å². The molecule has 1 heterocycles. The molecule has 0 aliphatic rings. The molecule has 0 aliphatic carbocycles. The van der Waals surface area contributed by atoms with Crippen molar-refractivity contribution < 1.29 is 9.53 Å². The maximum Gasteiger partial charge on any atom is 0.318 e. The minimum Gasteiger partial charge on any atom is -0.468 e. The first-order valence-electron chi connectivity index (χ1n) is 8.29. The summed E-state index contributed by atoms with van der Waals surface area (Å²) in [6.07, 6.45) is 0. The van der Waals surface area contributed by atoms with Crippen LogP contribution in [0.25, 0.3) is 10.9 Å². The van der Waals surface area contributed by atoms with E-state index in [4.69, 9.17) is 4.74 Å². The van der Waals surface area contributed by atoms with Crippen molar-refractivity contribution in [3.05, 3.63) is 70.0 Å². The standard InChI is InChI=1S/C20H20N2O3S/c1-13-8-10-15(11-9-13)12-22-18(23)16-6-4-5-7-17(16)21-20(22)26-14(2)19(24)25-3/h4-11,14H,12H2,1-3H3. The predicted octanol–water partition coefficient (Wildman–Crippen LogP) is 3.41. The van der Waals surface area contributed by atoms with E-state index in [0.29, 0.717) is 22.6 Å². The van der Waals surface area contributed by atoms with Gasteiger partial charge in [0.1, 0.15) is 5.25 Å². The minimum absolute atomic E-state index is 0.115. The number of thioether (sulfide) groups is 1. The van der Waals surface area contributed by atoms with E-state index in [1.807, 2.05) is 43.3 Å². The van der Waals surface area contributed by atoms with Gasteiger partial charge in [-0.15, -0.1) is 0 Å². The number of carbonyl (C=O) groups is 1. The Morgan fingerprint density at radius 3 is 2.58 bits per heavy atom. The van der Waals surface area contributed by atoms with Gasteiger partial charge in [0.05, 0.1) is 24.6 Å². The number of benzene rings is 2. The first-order valence-corrected chi connectivity index (χ1v) is 9.17. The molecule has 0 N–H and O–H groups in total. The maximum absolute atomic E-state index is 13.0. The van der Waals surface area contributed by atoms with Crippen LogP contribution in [0.1, 0.15) is 18.1 Å². The summed E-state index contributed by atoms with van der Waals surface area (Å²) in [5, 5.41) is 0.610. The zero-order chi connectivity index (χ0) is 18.7. The molecule has 0 fully saturated rings. The second-order valence-electron chi connectivity index (χ2n) is 6.07. The van der Waals surface area contributed by atoms with Crippen LogP contribution in [0.3, 0.4) is 0 Å². The van der Waals surface area contributed by atoms with Crippen LogP contribution in [0.15, 0.2) is 58.5 Å². The first kappa shape index (κ1) is 18.2. The summed E-state index contributed by atoms with van der Waals surface area (Å²) in [5.41, 5.74) is 2.67. The van der Waals surface area contributed by atoms with Crippen molar-refractivity contribution in [3.8, 4) is 0 Å². The van der Waals surface area contributed by atoms with Crippen LogP contribution >= 0.6 is 11.8 Å². The molecule has 0 saturated heterocycles. The second kappa shape index (κ2) is 7.74. The molecule has 26 heavy (non-hydrogen) atoms. The molecular formula is C20H20N2O3S. The highest BCUT2D eigenvalue weighted by atomic mass is 32.2. The number of hydrogen-bond donors (Lipinski definition) is 0. The number of methoxy groups -OCH3 is 1. The molecule has 0 aliphatic heterocycles. The van der Waals surface area contributed by atoms with Gasteiger partial charge in [-0.25, -0.2) is 4.98 Å². The van der Waals surface area contributed by atoms with Gasteiger partial charge >= 0.3 is 5.97 Å². The summed E-state index contributed by atoms with van der Waals surface area (Å²) in [6.45, 7) is 4.16. The number of carbonyl (C=O) groups excluding carboxylic acids is 1. The van der Waals surface area contributed by atoms with Crippen molar-refractivity contribution in [1.29, 1.82) is 0 Å². The average molecular weight is 368 g/mol. The lowest BCUT2D eigenvalue weighted by atomic mass is 10.1. The lowest BCUT2D eigenvalue weighted by molar-refractivity contribution is -0.139. The first-order chi connectivity index (χ1) is 12.5. The van der Waals surface area contributed by atoms with Crippen molar-refractivity contribution in [1.82, 2.24) is 9.55 Å². The summed E-state index contributed by atoms with van der Waals surface area (Å²) in [7, 11) is 1.35. The number of aryl methyl sites for hydroxylation is 1. The zero-order valence-electron chi connectivity index (χ0n) is 14.9. The fourth-order valence-electron chi connectivity index (χ4n) is 2.63. The SMILES string of the molecule is COC(=O)C(C)Sc1nc2ccccc2c(=O)n1Cc1ccc(C)cc1. The summed E-state index contributed by atoms with van der Waals surface area (Å²) >= 11 is 1.23. The van der Waals surface area contributed by atoms with Crippen LogP contribution < -0.4 is 5.56 Å². The molecule has 0 saturated carbocycles. The molecule has 1 aromatic heterocycles. The number of rotatable bonds is 5. The molecule has 3 rings (SSSR count). The highest BCUT2D eigenvalue weighted by Crippen LogP contribution is 2.24. The summed E-state index contributed by atoms with van der Waals surface area (Å²) in [5.74, 6) is -0.348. The lowest BCUT2D eigenvalue weighted by Crippen LogP contribution is -2.25. The number of aromatic nitrogens is 2. The molecule has 134 valence electrons. The Balaban J connectivity index is 2.09. The van der Waals surface area contributed by atoms with Crippen LogP contribution in [0.4, 0.5) is 0 Å². The van der Waals surface area contributed by atoms with E-state index in [2.05, 4.69) is 4.98 Å². The molecule has 0 bridgehead atoms. The molecular weight excluding hydrogens is 348 g/mol. The number of ether oxygens (including phenoxy) is 1. The van der Waals surface area contributed by atoms with Crippen LogP contribution in [0, 0.1) is 6.92 Å². The quantitative estimate of drug-likeness (QED) is 0.392. The van der Waals surface area contributed by atoms with E-state index in [9.17, 15) is 9.59 Å². The van der Waals surface area contributed by atoms with E-state index in [0.717, 1.165) is 11.1 Å². The van der Waals surface area contributed by atoms with E-state index >= 15 is 0 Å². The van der Waals surface area contributed by atoms with Crippen molar-refractivity contribution in [3.63, 3.8) is 0 Å². The predicted molar refractivity (Wildman–Crippen MR) is 104 cm³/mol. The molecule has 5 nitrogen and oxygen atoms in total. The Bertz CT molecular complexity index is 996. The molecule has 1 unspecified atom stereocenters. The Kier molecular flexibility index (Phi) is 5.42. The van der Waals surface area contributed by atoms with Gasteiger partial charge in [0.25, 0.3) is 5.56 Å². The number of nitrogens with zero attached hydrogens (tertiary/aromatic N) is 2. The molecule has 0 spiro atoms. The highest BCUT2D eigenvalue weighted by molar-refractivity contribution is 8.00. The molecule has 6 heteroatoms. The van der Waals surface area contributed by atoms with E-state index < -0.39 is 5.25 Å². The van der Waals surface area contributed by atoms with Crippen LogP contribution in [0.2, 0.25) is 0 Å². The van der Waals surface area contributed by atoms with Crippen molar-refractivity contribution in [2.45, 2.75) is 30.8 Å². The van der Waals surface area contributed by atoms with Crippen LogP contribution in [-0.2, 0) is 16.1 Å². The van der Waals surface area contributed by atoms with Crippen LogP contribution in [0.5, 0.6) is 0 Å². The third-order valence-corrected chi connectivity index (χ3v) is 5.17. The normalized spacial score (nSPS) is 12.1. The monoisotopic (exact) mass is 368 g/mol. The average Bonchev–Trinajstić information content (AvgIpc) is 2.65. The number of para-hydroxylation sites is 1. The fourth-order valence-corrected chi connectivity index (χ4v) is 3.56. The topological polar surface area (TPSA) is 61.2 Å². The van der Waals surface area contributed by atoms with Crippen LogP contribution in [-0.4, -0.2) is 27.9 Å². The van der Waals surface area contributed by atoms with Gasteiger partial charge < -0.3 is 4.74 Å². The van der Waals surface area contributed by atoms with Gasteiger partial charge in [-0.05, 0) is 31.5 Å². The second-order valence-corrected chi connectivity index (χ2v) is 7.38. The molecule has 0 radical (unpaired) electrons. The van der Waals surface area contributed by atoms with Crippen molar-refractivity contribution in [2.24, 2.45) is 0 Å². The third kappa shape index (κ3) is 3.80. The van der Waals surface area contributed by atoms with Gasteiger partial charge in [-0.3, -0.25) is 14.2 Å². The molecule has 3 aromatic rings. The van der Waals surface area contributed by atoms with E-state index in [-0.39, 0.29) is 11.5 Å². The summed E-state index contributed by atoms with van der Waals surface area (Å²) < 4.78 is 6.42. The third-order valence-electron chi connectivity index (χ3n) is 4.10. The van der Waals surface area contributed by atoms with Gasteiger partial charge in [0, 0.05) is 0 Å². The Hall–Kier alpha value is -2.60. The minimum atomic E-state index is -0.461. The maximum atomic E-state index is 13.0. The molecule has 2 aromatic carbocycles.